The first-order valence-corrected chi connectivity index (χ1v) is 6.02. The highest BCUT2D eigenvalue weighted by Gasteiger charge is 2.33. The summed E-state index contributed by atoms with van der Waals surface area (Å²) < 4.78 is 0. The molecule has 2 rings (SSSR count). The van der Waals surface area contributed by atoms with Crippen LogP contribution in [0, 0.1) is 0 Å². The van der Waals surface area contributed by atoms with Gasteiger partial charge in [-0.1, -0.05) is 34.7 Å². The molecule has 0 aliphatic carbocycles. The molecule has 0 spiro atoms. The van der Waals surface area contributed by atoms with Crippen LogP contribution in [-0.4, -0.2) is 30.5 Å². The molecule has 1 fully saturated rings. The summed E-state index contributed by atoms with van der Waals surface area (Å²) in [5.41, 5.74) is 1.31. The van der Waals surface area contributed by atoms with Gasteiger partial charge in [0.2, 0.25) is 6.71 Å². The Bertz CT molecular complexity index is 362. The summed E-state index contributed by atoms with van der Waals surface area (Å²) in [6.45, 7) is 5.08. The smallest absolute Gasteiger partial charge is 0.205 e. The Hall–Kier alpha value is -0.175. The Balaban J connectivity index is 2.04. The van der Waals surface area contributed by atoms with Crippen LogP contribution in [0.4, 0.5) is 0 Å². The standard InChI is InChI=1S/C11H14BCl2N/c1-8(2)15-6-12(7-15)9-3-4-10(13)11(14)5-9/h3-5,8H,6-7H2,1-2H3. The summed E-state index contributed by atoms with van der Waals surface area (Å²) in [6.07, 6.45) is 2.27. The van der Waals surface area contributed by atoms with E-state index in [4.69, 9.17) is 23.2 Å². The summed E-state index contributed by atoms with van der Waals surface area (Å²) in [5, 5.41) is 1.30. The summed E-state index contributed by atoms with van der Waals surface area (Å²) in [5.74, 6) is 0. The fourth-order valence-electron chi connectivity index (χ4n) is 1.91. The molecular formula is C11H14BCl2N. The molecule has 80 valence electrons. The molecule has 0 bridgehead atoms. The van der Waals surface area contributed by atoms with Crippen molar-refractivity contribution in [3.8, 4) is 0 Å². The predicted octanol–water partition coefficient (Wildman–Crippen LogP) is 2.50. The molecule has 1 saturated heterocycles. The second kappa shape index (κ2) is 4.36. The van der Waals surface area contributed by atoms with Gasteiger partial charge in [-0.05, 0) is 38.9 Å². The molecule has 0 radical (unpaired) electrons. The Kier molecular flexibility index (Phi) is 3.29. The van der Waals surface area contributed by atoms with Crippen molar-refractivity contribution in [2.45, 2.75) is 19.9 Å². The van der Waals surface area contributed by atoms with Crippen molar-refractivity contribution in [3.63, 3.8) is 0 Å². The van der Waals surface area contributed by atoms with Gasteiger partial charge in [0, 0.05) is 6.04 Å². The maximum Gasteiger partial charge on any atom is 0.205 e. The SMILES string of the molecule is CC(C)N1CB(c2ccc(Cl)c(Cl)c2)C1. The molecular weight excluding hydrogens is 228 g/mol. The molecule has 0 atom stereocenters. The van der Waals surface area contributed by atoms with Gasteiger partial charge in [0.25, 0.3) is 0 Å². The summed E-state index contributed by atoms with van der Waals surface area (Å²) in [6, 6.07) is 6.60. The first-order valence-electron chi connectivity index (χ1n) is 5.27. The highest BCUT2D eigenvalue weighted by atomic mass is 35.5. The Morgan fingerprint density at radius 2 is 1.87 bits per heavy atom. The van der Waals surface area contributed by atoms with Gasteiger partial charge in [-0.25, -0.2) is 0 Å². The number of halogens is 2. The van der Waals surface area contributed by atoms with Gasteiger partial charge in [-0.2, -0.15) is 0 Å². The minimum absolute atomic E-state index is 0.627. The molecule has 1 aliphatic rings. The van der Waals surface area contributed by atoms with E-state index in [2.05, 4.69) is 24.8 Å². The normalized spacial score (nSPS) is 17.0. The zero-order chi connectivity index (χ0) is 11.0. The van der Waals surface area contributed by atoms with E-state index in [0.29, 0.717) is 22.8 Å². The van der Waals surface area contributed by atoms with Crippen LogP contribution in [0.15, 0.2) is 18.2 Å². The first kappa shape index (κ1) is 11.3. The van der Waals surface area contributed by atoms with Crippen molar-refractivity contribution in [1.29, 1.82) is 0 Å². The van der Waals surface area contributed by atoms with Crippen LogP contribution < -0.4 is 5.46 Å². The molecule has 0 aromatic heterocycles. The van der Waals surface area contributed by atoms with Crippen molar-refractivity contribution in [2.75, 3.05) is 12.9 Å². The zero-order valence-corrected chi connectivity index (χ0v) is 10.5. The Morgan fingerprint density at radius 3 is 2.40 bits per heavy atom. The van der Waals surface area contributed by atoms with E-state index in [9.17, 15) is 0 Å². The number of nitrogens with zero attached hydrogens (tertiary/aromatic N) is 1. The van der Waals surface area contributed by atoms with Crippen LogP contribution in [0.2, 0.25) is 10.0 Å². The summed E-state index contributed by atoms with van der Waals surface area (Å²) in [4.78, 5) is 2.45. The molecule has 15 heavy (non-hydrogen) atoms. The molecule has 0 amide bonds. The molecule has 1 aliphatic heterocycles. The van der Waals surface area contributed by atoms with E-state index in [-0.39, 0.29) is 0 Å². The fraction of sp³-hybridized carbons (Fsp3) is 0.455. The number of hydrogen-bond acceptors (Lipinski definition) is 1. The maximum atomic E-state index is 5.99. The quantitative estimate of drug-likeness (QED) is 0.720. The van der Waals surface area contributed by atoms with E-state index in [1.54, 1.807) is 0 Å². The van der Waals surface area contributed by atoms with Crippen molar-refractivity contribution < 1.29 is 0 Å². The third-order valence-corrected chi connectivity index (χ3v) is 3.79. The lowest BCUT2D eigenvalue weighted by Crippen LogP contribution is -2.62. The lowest BCUT2D eigenvalue weighted by atomic mass is 9.39. The van der Waals surface area contributed by atoms with Gasteiger partial charge in [-0.3, -0.25) is 0 Å². The van der Waals surface area contributed by atoms with Crippen LogP contribution in [0.3, 0.4) is 0 Å². The first-order chi connectivity index (χ1) is 7.08. The predicted molar refractivity (Wildman–Crippen MR) is 68.6 cm³/mol. The number of rotatable bonds is 2. The third kappa shape index (κ3) is 2.33. The van der Waals surface area contributed by atoms with E-state index < -0.39 is 0 Å². The average molecular weight is 242 g/mol. The largest absolute Gasteiger partial charge is 0.314 e. The van der Waals surface area contributed by atoms with E-state index in [0.717, 1.165) is 12.9 Å². The summed E-state index contributed by atoms with van der Waals surface area (Å²) >= 11 is 11.9. The average Bonchev–Trinajstić information content (AvgIpc) is 2.08. The van der Waals surface area contributed by atoms with Gasteiger partial charge in [0.05, 0.1) is 10.0 Å². The monoisotopic (exact) mass is 241 g/mol. The van der Waals surface area contributed by atoms with Gasteiger partial charge >= 0.3 is 0 Å². The Morgan fingerprint density at radius 1 is 1.20 bits per heavy atom. The van der Waals surface area contributed by atoms with Crippen molar-refractivity contribution in [2.24, 2.45) is 0 Å². The van der Waals surface area contributed by atoms with Crippen LogP contribution >= 0.6 is 23.2 Å². The second-order valence-corrected chi connectivity index (χ2v) is 5.23. The van der Waals surface area contributed by atoms with E-state index in [1.807, 2.05) is 12.1 Å². The van der Waals surface area contributed by atoms with E-state index in [1.165, 1.54) is 5.46 Å². The van der Waals surface area contributed by atoms with Gasteiger partial charge in [-0.15, -0.1) is 0 Å². The van der Waals surface area contributed by atoms with Crippen LogP contribution in [0.5, 0.6) is 0 Å². The van der Waals surface area contributed by atoms with Gasteiger partial charge in [0.15, 0.2) is 0 Å². The molecule has 1 aromatic carbocycles. The molecule has 1 heterocycles. The fourth-order valence-corrected chi connectivity index (χ4v) is 2.22. The lowest BCUT2D eigenvalue weighted by Gasteiger charge is -2.40. The molecule has 0 unspecified atom stereocenters. The van der Waals surface area contributed by atoms with Crippen molar-refractivity contribution in [1.82, 2.24) is 4.90 Å². The van der Waals surface area contributed by atoms with Gasteiger partial charge < -0.3 is 4.90 Å². The molecule has 4 heteroatoms. The van der Waals surface area contributed by atoms with Crippen molar-refractivity contribution in [3.05, 3.63) is 28.2 Å². The molecule has 1 nitrogen and oxygen atoms in total. The zero-order valence-electron chi connectivity index (χ0n) is 9.00. The van der Waals surface area contributed by atoms with Crippen molar-refractivity contribution >= 4 is 35.4 Å². The summed E-state index contributed by atoms with van der Waals surface area (Å²) in [7, 11) is 0. The van der Waals surface area contributed by atoms with Crippen LogP contribution in [0.1, 0.15) is 13.8 Å². The molecule has 0 N–H and O–H groups in total. The van der Waals surface area contributed by atoms with Crippen LogP contribution in [0.25, 0.3) is 0 Å². The van der Waals surface area contributed by atoms with Crippen LogP contribution in [-0.2, 0) is 0 Å². The maximum absolute atomic E-state index is 5.99. The van der Waals surface area contributed by atoms with Gasteiger partial charge in [0.1, 0.15) is 0 Å². The second-order valence-electron chi connectivity index (χ2n) is 4.42. The topological polar surface area (TPSA) is 3.24 Å². The minimum Gasteiger partial charge on any atom is -0.314 e. The molecule has 0 saturated carbocycles. The van der Waals surface area contributed by atoms with E-state index >= 15 is 0 Å². The Labute approximate surface area is 101 Å². The number of hydrogen-bond donors (Lipinski definition) is 0. The highest BCUT2D eigenvalue weighted by molar-refractivity contribution is 6.76. The third-order valence-electron chi connectivity index (χ3n) is 3.06. The lowest BCUT2D eigenvalue weighted by molar-refractivity contribution is 0.260. The minimum atomic E-state index is 0.627. The molecule has 1 aromatic rings. The number of benzene rings is 1. The highest BCUT2D eigenvalue weighted by Crippen LogP contribution is 2.20.